The lowest BCUT2D eigenvalue weighted by molar-refractivity contribution is 0.0359. The Kier molecular flexibility index (Phi) is 7.82. The predicted octanol–water partition coefficient (Wildman–Crippen LogP) is 6.23. The second-order valence-electron chi connectivity index (χ2n) is 11.4. The summed E-state index contributed by atoms with van der Waals surface area (Å²) in [6.45, 7) is 4.15. The summed E-state index contributed by atoms with van der Waals surface area (Å²) >= 11 is 0. The number of aromatic amines is 1. The molecule has 7 heteroatoms. The molecule has 208 valence electrons. The van der Waals surface area contributed by atoms with Gasteiger partial charge in [-0.25, -0.2) is 9.37 Å². The largest absolute Gasteiger partial charge is 0.492 e. The van der Waals surface area contributed by atoms with Crippen LogP contribution in [-0.2, 0) is 13.0 Å². The number of imidazole rings is 1. The normalized spacial score (nSPS) is 18.5. The van der Waals surface area contributed by atoms with Crippen LogP contribution in [0.15, 0.2) is 73.1 Å². The molecule has 1 fully saturated rings. The van der Waals surface area contributed by atoms with Crippen LogP contribution in [0.4, 0.5) is 4.39 Å². The predicted molar refractivity (Wildman–Crippen MR) is 155 cm³/mol. The van der Waals surface area contributed by atoms with E-state index in [2.05, 4.69) is 33.1 Å². The fraction of sp³-hybridized carbons (Fsp3) is 0.394. The van der Waals surface area contributed by atoms with Crippen molar-refractivity contribution in [3.8, 4) is 5.75 Å². The molecule has 0 atom stereocenters. The van der Waals surface area contributed by atoms with E-state index in [0.29, 0.717) is 24.3 Å². The lowest BCUT2D eigenvalue weighted by Crippen LogP contribution is -2.48. The number of amides is 1. The van der Waals surface area contributed by atoms with Crippen LogP contribution in [0.5, 0.6) is 5.75 Å². The summed E-state index contributed by atoms with van der Waals surface area (Å²) in [4.78, 5) is 25.2. The average molecular weight is 541 g/mol. The molecule has 0 radical (unpaired) electrons. The van der Waals surface area contributed by atoms with Crippen LogP contribution in [0.2, 0.25) is 0 Å². The summed E-state index contributed by atoms with van der Waals surface area (Å²) in [6.07, 6.45) is 7.86. The number of hydrogen-bond donors (Lipinski definition) is 1. The van der Waals surface area contributed by atoms with E-state index in [4.69, 9.17) is 4.74 Å². The molecule has 1 aromatic heterocycles. The Hall–Kier alpha value is -3.71. The zero-order valence-electron chi connectivity index (χ0n) is 22.9. The first-order chi connectivity index (χ1) is 19.6. The maximum Gasteiger partial charge on any atom is 0.253 e. The van der Waals surface area contributed by atoms with Crippen molar-refractivity contribution in [2.45, 2.75) is 45.1 Å². The van der Waals surface area contributed by atoms with Crippen molar-refractivity contribution in [1.82, 2.24) is 19.8 Å². The molecule has 2 aliphatic rings. The highest BCUT2D eigenvalue weighted by molar-refractivity contribution is 5.97. The molecular formula is C33H37FN4O2. The number of carbonyl (C=O) groups excluding carboxylic acids is 1. The van der Waals surface area contributed by atoms with Crippen LogP contribution < -0.4 is 4.74 Å². The molecule has 2 aliphatic heterocycles. The number of H-pyrrole nitrogens is 1. The van der Waals surface area contributed by atoms with Gasteiger partial charge >= 0.3 is 0 Å². The Bertz CT molecular complexity index is 1460. The molecule has 1 amide bonds. The summed E-state index contributed by atoms with van der Waals surface area (Å²) < 4.78 is 21.0. The minimum Gasteiger partial charge on any atom is -0.492 e. The van der Waals surface area contributed by atoms with Gasteiger partial charge in [0.1, 0.15) is 18.2 Å². The van der Waals surface area contributed by atoms with Crippen LogP contribution in [0.1, 0.15) is 53.6 Å². The van der Waals surface area contributed by atoms with Gasteiger partial charge < -0.3 is 14.6 Å². The fourth-order valence-corrected chi connectivity index (χ4v) is 6.43. The van der Waals surface area contributed by atoms with Gasteiger partial charge in [0.25, 0.3) is 5.91 Å². The second-order valence-corrected chi connectivity index (χ2v) is 11.4. The third-order valence-corrected chi connectivity index (χ3v) is 8.73. The molecule has 40 heavy (non-hydrogen) atoms. The number of carbonyl (C=O) groups is 1. The Balaban J connectivity index is 1.20. The van der Waals surface area contributed by atoms with Crippen molar-refractivity contribution >= 4 is 16.9 Å². The average Bonchev–Trinajstić information content (AvgIpc) is 3.45. The molecule has 3 heterocycles. The summed E-state index contributed by atoms with van der Waals surface area (Å²) in [5.74, 6) is 0.875. The van der Waals surface area contributed by atoms with Gasteiger partial charge in [0.05, 0.1) is 17.4 Å². The zero-order valence-corrected chi connectivity index (χ0v) is 22.9. The number of likely N-dealkylation sites (tertiary alicyclic amines) is 1. The van der Waals surface area contributed by atoms with Crippen molar-refractivity contribution < 1.29 is 13.9 Å². The molecule has 0 aliphatic carbocycles. The van der Waals surface area contributed by atoms with Gasteiger partial charge in [-0.3, -0.25) is 9.69 Å². The monoisotopic (exact) mass is 540 g/mol. The van der Waals surface area contributed by atoms with Gasteiger partial charge in [-0.15, -0.1) is 0 Å². The Morgan fingerprint density at radius 3 is 2.67 bits per heavy atom. The number of nitrogens with zero attached hydrogens (tertiary/aromatic N) is 3. The summed E-state index contributed by atoms with van der Waals surface area (Å²) in [5.41, 5.74) is 4.49. The van der Waals surface area contributed by atoms with E-state index in [0.717, 1.165) is 81.5 Å². The molecular weight excluding hydrogens is 503 g/mol. The summed E-state index contributed by atoms with van der Waals surface area (Å²) in [7, 11) is 0. The van der Waals surface area contributed by atoms with Crippen molar-refractivity contribution in [3.63, 3.8) is 0 Å². The number of piperidine rings is 1. The van der Waals surface area contributed by atoms with Crippen molar-refractivity contribution in [2.24, 2.45) is 5.41 Å². The van der Waals surface area contributed by atoms with Gasteiger partial charge in [-0.2, -0.15) is 0 Å². The number of ether oxygens (including phenoxy) is 1. The summed E-state index contributed by atoms with van der Waals surface area (Å²) in [6, 6.07) is 21.1. The number of nitrogens with one attached hydrogen (secondary N) is 1. The lowest BCUT2D eigenvalue weighted by Gasteiger charge is -2.45. The second kappa shape index (κ2) is 11.8. The molecule has 1 spiro atoms. The Morgan fingerprint density at radius 1 is 0.975 bits per heavy atom. The summed E-state index contributed by atoms with van der Waals surface area (Å²) in [5, 5.41) is 0. The first-order valence-corrected chi connectivity index (χ1v) is 14.5. The molecule has 1 saturated heterocycles. The first-order valence-electron chi connectivity index (χ1n) is 14.5. The SMILES string of the molecule is O=C(c1ccc2nc[nH]c2c1)N1CCC2(CCCCc3ccccc3OCCN(Cc3ccccc3F)C2)CC1. The van der Waals surface area contributed by atoms with Gasteiger partial charge in [0.2, 0.25) is 0 Å². The molecule has 1 N–H and O–H groups in total. The van der Waals surface area contributed by atoms with E-state index < -0.39 is 0 Å². The number of rotatable bonds is 3. The van der Waals surface area contributed by atoms with E-state index in [1.807, 2.05) is 41.3 Å². The first kappa shape index (κ1) is 26.5. The standard InChI is InChI=1S/C33H37FN4O2/c34-28-10-3-1-9-27(28)22-37-19-20-40-31-11-4-2-7-25(31)8-5-6-14-33(23-37)15-17-38(18-16-33)32(39)26-12-13-29-30(21-26)36-24-35-29/h1-4,7,9-13,21,24H,5-6,8,14-20,22-23H2,(H,35,36). The molecule has 0 unspecified atom stereocenters. The number of aromatic nitrogens is 2. The van der Waals surface area contributed by atoms with E-state index in [1.54, 1.807) is 18.5 Å². The number of benzene rings is 3. The molecule has 6 rings (SSSR count). The van der Waals surface area contributed by atoms with E-state index >= 15 is 0 Å². The number of halogens is 1. The van der Waals surface area contributed by atoms with Crippen LogP contribution in [0, 0.1) is 11.2 Å². The Labute approximate surface area is 235 Å². The number of hydrogen-bond acceptors (Lipinski definition) is 4. The molecule has 0 bridgehead atoms. The minimum atomic E-state index is -0.163. The molecule has 0 saturated carbocycles. The van der Waals surface area contributed by atoms with Crippen molar-refractivity contribution in [2.75, 3.05) is 32.8 Å². The highest BCUT2D eigenvalue weighted by Crippen LogP contribution is 2.39. The van der Waals surface area contributed by atoms with Gasteiger partial charge in [-0.1, -0.05) is 42.8 Å². The highest BCUT2D eigenvalue weighted by atomic mass is 19.1. The third-order valence-electron chi connectivity index (χ3n) is 8.73. The van der Waals surface area contributed by atoms with Crippen LogP contribution in [0.3, 0.4) is 0 Å². The maximum atomic E-state index is 14.7. The fourth-order valence-electron chi connectivity index (χ4n) is 6.43. The van der Waals surface area contributed by atoms with Gasteiger partial charge in [0, 0.05) is 43.9 Å². The van der Waals surface area contributed by atoms with Crippen LogP contribution in [0.25, 0.3) is 11.0 Å². The third kappa shape index (κ3) is 5.89. The molecule has 4 aromatic rings. The number of aryl methyl sites for hydroxylation is 1. The molecule has 3 aromatic carbocycles. The van der Waals surface area contributed by atoms with Crippen molar-refractivity contribution in [3.05, 3.63) is 95.6 Å². The van der Waals surface area contributed by atoms with Crippen LogP contribution in [-0.4, -0.2) is 58.5 Å². The van der Waals surface area contributed by atoms with Gasteiger partial charge in [0.15, 0.2) is 0 Å². The number of para-hydroxylation sites is 1. The topological polar surface area (TPSA) is 61.5 Å². The van der Waals surface area contributed by atoms with Gasteiger partial charge in [-0.05, 0) is 73.4 Å². The Morgan fingerprint density at radius 2 is 1.80 bits per heavy atom. The quantitative estimate of drug-likeness (QED) is 0.335. The smallest absolute Gasteiger partial charge is 0.253 e. The van der Waals surface area contributed by atoms with Crippen LogP contribution >= 0.6 is 0 Å². The van der Waals surface area contributed by atoms with E-state index in [9.17, 15) is 9.18 Å². The highest BCUT2D eigenvalue weighted by Gasteiger charge is 2.37. The zero-order chi connectivity index (χ0) is 27.4. The number of fused-ring (bicyclic) bond motifs is 2. The lowest BCUT2D eigenvalue weighted by atomic mass is 9.73. The van der Waals surface area contributed by atoms with Crippen molar-refractivity contribution in [1.29, 1.82) is 0 Å². The molecule has 6 nitrogen and oxygen atoms in total. The minimum absolute atomic E-state index is 0.0766. The van der Waals surface area contributed by atoms with E-state index in [-0.39, 0.29) is 17.1 Å². The maximum absolute atomic E-state index is 14.7. The van der Waals surface area contributed by atoms with E-state index in [1.165, 1.54) is 5.56 Å².